The van der Waals surface area contributed by atoms with Gasteiger partial charge >= 0.3 is 5.97 Å². The fourth-order valence-corrected chi connectivity index (χ4v) is 3.89. The highest BCUT2D eigenvalue weighted by Crippen LogP contribution is 2.39. The molecule has 0 aliphatic heterocycles. The van der Waals surface area contributed by atoms with Gasteiger partial charge in [0.2, 0.25) is 0 Å². The Bertz CT molecular complexity index is 432. The number of aryl methyl sites for hydroxylation is 1. The molecule has 18 heavy (non-hydrogen) atoms. The van der Waals surface area contributed by atoms with Crippen molar-refractivity contribution >= 4 is 17.7 Å². The first-order valence-corrected chi connectivity index (χ1v) is 7.08. The lowest BCUT2D eigenvalue weighted by molar-refractivity contribution is -0.146. The summed E-state index contributed by atoms with van der Waals surface area (Å²) in [5, 5.41) is 12.7. The monoisotopic (exact) mass is 269 g/mol. The van der Waals surface area contributed by atoms with Crippen LogP contribution in [0.1, 0.15) is 31.4 Å². The fraction of sp³-hybridized carbons (Fsp3) is 0.615. The van der Waals surface area contributed by atoms with Crippen LogP contribution in [0.3, 0.4) is 0 Å². The van der Waals surface area contributed by atoms with Crippen molar-refractivity contribution in [2.24, 2.45) is 0 Å². The molecule has 1 aromatic heterocycles. The van der Waals surface area contributed by atoms with Crippen molar-refractivity contribution in [2.45, 2.75) is 48.3 Å². The molecule has 0 saturated heterocycles. The van der Waals surface area contributed by atoms with Crippen molar-refractivity contribution in [3.63, 3.8) is 0 Å². The Morgan fingerprint density at radius 2 is 2.44 bits per heavy atom. The van der Waals surface area contributed by atoms with Crippen molar-refractivity contribution in [1.29, 1.82) is 0 Å². The van der Waals surface area contributed by atoms with E-state index < -0.39 is 11.5 Å². The van der Waals surface area contributed by atoms with Gasteiger partial charge in [-0.3, -0.25) is 4.79 Å². The number of carbonyl (C=O) groups is 1. The smallest absolute Gasteiger partial charge is 0.323 e. The molecule has 1 saturated carbocycles. The zero-order valence-electron chi connectivity index (χ0n) is 10.7. The molecular weight excluding hydrogens is 250 g/mol. The second-order valence-electron chi connectivity index (χ2n) is 4.81. The SMILES string of the molecule is CNC1(C(=O)O)CCCC(Sc2ccoc2C)C1. The number of carboxylic acid groups (broad SMARTS) is 1. The summed E-state index contributed by atoms with van der Waals surface area (Å²) in [6.07, 6.45) is 5.06. The summed E-state index contributed by atoms with van der Waals surface area (Å²) < 4.78 is 5.28. The Kier molecular flexibility index (Phi) is 4.02. The Morgan fingerprint density at radius 1 is 1.67 bits per heavy atom. The Balaban J connectivity index is 2.07. The molecule has 1 aliphatic carbocycles. The number of aliphatic carboxylic acids is 1. The van der Waals surface area contributed by atoms with Crippen LogP contribution in [-0.4, -0.2) is 28.9 Å². The van der Waals surface area contributed by atoms with Crippen molar-refractivity contribution in [3.05, 3.63) is 18.1 Å². The normalized spacial score (nSPS) is 28.2. The van der Waals surface area contributed by atoms with Gasteiger partial charge < -0.3 is 14.8 Å². The lowest BCUT2D eigenvalue weighted by Crippen LogP contribution is -2.53. The highest BCUT2D eigenvalue weighted by Gasteiger charge is 2.42. The van der Waals surface area contributed by atoms with Crippen LogP contribution in [0.4, 0.5) is 0 Å². The van der Waals surface area contributed by atoms with E-state index >= 15 is 0 Å². The fourth-order valence-electron chi connectivity index (χ4n) is 2.53. The third-order valence-corrected chi connectivity index (χ3v) is 5.11. The van der Waals surface area contributed by atoms with Crippen molar-refractivity contribution in [3.8, 4) is 0 Å². The molecule has 1 fully saturated rings. The lowest BCUT2D eigenvalue weighted by atomic mass is 9.81. The minimum atomic E-state index is -0.756. The molecule has 2 rings (SSSR count). The molecule has 4 nitrogen and oxygen atoms in total. The maximum atomic E-state index is 11.4. The highest BCUT2D eigenvalue weighted by atomic mass is 32.2. The molecule has 0 radical (unpaired) electrons. The van der Waals surface area contributed by atoms with Crippen LogP contribution < -0.4 is 5.32 Å². The molecule has 0 bridgehead atoms. The molecule has 5 heteroatoms. The minimum Gasteiger partial charge on any atom is -0.480 e. The van der Waals surface area contributed by atoms with Crippen LogP contribution in [0.25, 0.3) is 0 Å². The number of hydrogen-bond donors (Lipinski definition) is 2. The summed E-state index contributed by atoms with van der Waals surface area (Å²) in [5.74, 6) is 0.176. The van der Waals surface area contributed by atoms with Gasteiger partial charge in [0.05, 0.1) is 6.26 Å². The van der Waals surface area contributed by atoms with E-state index in [4.69, 9.17) is 4.42 Å². The number of nitrogens with one attached hydrogen (secondary N) is 1. The summed E-state index contributed by atoms with van der Waals surface area (Å²) in [6.45, 7) is 1.94. The van der Waals surface area contributed by atoms with Crippen LogP contribution in [0.5, 0.6) is 0 Å². The standard InChI is InChI=1S/C13H19NO3S/c1-9-11(5-7-17-9)18-10-4-3-6-13(8-10,14-2)12(15)16/h5,7,10,14H,3-4,6,8H2,1-2H3,(H,15,16). The van der Waals surface area contributed by atoms with Crippen molar-refractivity contribution in [2.75, 3.05) is 7.05 Å². The quantitative estimate of drug-likeness (QED) is 0.880. The third kappa shape index (κ3) is 2.57. The van der Waals surface area contributed by atoms with Gasteiger partial charge in [-0.15, -0.1) is 11.8 Å². The Hall–Kier alpha value is -0.940. The molecule has 2 atom stereocenters. The van der Waals surface area contributed by atoms with Gasteiger partial charge in [0.15, 0.2) is 0 Å². The van der Waals surface area contributed by atoms with Crippen molar-refractivity contribution < 1.29 is 14.3 Å². The first-order chi connectivity index (χ1) is 8.57. The number of hydrogen-bond acceptors (Lipinski definition) is 4. The molecule has 1 aromatic rings. The number of likely N-dealkylation sites (N-methyl/N-ethyl adjacent to an activating group) is 1. The van der Waals surface area contributed by atoms with Crippen LogP contribution in [-0.2, 0) is 4.79 Å². The van der Waals surface area contributed by atoms with Crippen LogP contribution in [0.15, 0.2) is 21.6 Å². The molecule has 0 aromatic carbocycles. The predicted molar refractivity (Wildman–Crippen MR) is 71.0 cm³/mol. The van der Waals surface area contributed by atoms with Gasteiger partial charge in [0.25, 0.3) is 0 Å². The minimum absolute atomic E-state index is 0.332. The van der Waals surface area contributed by atoms with E-state index in [1.807, 2.05) is 13.0 Å². The largest absolute Gasteiger partial charge is 0.480 e. The number of rotatable bonds is 4. The summed E-state index contributed by atoms with van der Waals surface area (Å²) >= 11 is 1.74. The van der Waals surface area contributed by atoms with E-state index in [0.29, 0.717) is 18.1 Å². The Morgan fingerprint density at radius 3 is 3.00 bits per heavy atom. The zero-order valence-corrected chi connectivity index (χ0v) is 11.5. The molecule has 0 amide bonds. The van der Waals surface area contributed by atoms with Gasteiger partial charge in [-0.2, -0.15) is 0 Å². The van der Waals surface area contributed by atoms with E-state index in [1.54, 1.807) is 25.1 Å². The van der Waals surface area contributed by atoms with E-state index in [9.17, 15) is 9.90 Å². The summed E-state index contributed by atoms with van der Waals surface area (Å²) in [7, 11) is 1.74. The summed E-state index contributed by atoms with van der Waals surface area (Å²) in [6, 6.07) is 1.95. The van der Waals surface area contributed by atoms with Crippen LogP contribution in [0.2, 0.25) is 0 Å². The van der Waals surface area contributed by atoms with Gasteiger partial charge in [0, 0.05) is 10.1 Å². The topological polar surface area (TPSA) is 62.5 Å². The van der Waals surface area contributed by atoms with E-state index in [1.165, 1.54) is 0 Å². The number of thioether (sulfide) groups is 1. The Labute approximate surface area is 111 Å². The van der Waals surface area contributed by atoms with E-state index in [2.05, 4.69) is 5.32 Å². The second-order valence-corrected chi connectivity index (χ2v) is 6.16. The first-order valence-electron chi connectivity index (χ1n) is 6.20. The number of furan rings is 1. The molecule has 1 heterocycles. The molecule has 2 N–H and O–H groups in total. The van der Waals surface area contributed by atoms with Gasteiger partial charge in [0.1, 0.15) is 11.3 Å². The molecular formula is C13H19NO3S. The number of carboxylic acids is 1. The van der Waals surface area contributed by atoms with Crippen LogP contribution in [0, 0.1) is 6.92 Å². The first kappa shape index (κ1) is 13.5. The van der Waals surface area contributed by atoms with E-state index in [-0.39, 0.29) is 0 Å². The lowest BCUT2D eigenvalue weighted by Gasteiger charge is -2.37. The second kappa shape index (κ2) is 5.36. The highest BCUT2D eigenvalue weighted by molar-refractivity contribution is 8.00. The molecule has 100 valence electrons. The van der Waals surface area contributed by atoms with Crippen molar-refractivity contribution in [1.82, 2.24) is 5.32 Å². The molecule has 1 aliphatic rings. The summed E-state index contributed by atoms with van der Waals surface area (Å²) in [5.41, 5.74) is -0.756. The predicted octanol–water partition coefficient (Wildman–Crippen LogP) is 2.67. The van der Waals surface area contributed by atoms with E-state index in [0.717, 1.165) is 23.5 Å². The van der Waals surface area contributed by atoms with Gasteiger partial charge in [-0.1, -0.05) is 0 Å². The third-order valence-electron chi connectivity index (χ3n) is 3.70. The average molecular weight is 269 g/mol. The molecule has 2 unspecified atom stereocenters. The zero-order chi connectivity index (χ0) is 13.2. The van der Waals surface area contributed by atoms with Gasteiger partial charge in [-0.05, 0) is 45.7 Å². The molecule has 0 spiro atoms. The van der Waals surface area contributed by atoms with Gasteiger partial charge in [-0.25, -0.2) is 0 Å². The van der Waals surface area contributed by atoms with Crippen LogP contribution >= 0.6 is 11.8 Å². The maximum Gasteiger partial charge on any atom is 0.323 e. The summed E-state index contributed by atoms with van der Waals surface area (Å²) in [4.78, 5) is 12.6. The maximum absolute atomic E-state index is 11.4. The average Bonchev–Trinajstić information content (AvgIpc) is 2.75.